The molecule has 0 spiro atoms. The number of ether oxygens (including phenoxy) is 1. The van der Waals surface area contributed by atoms with Crippen LogP contribution in [0.3, 0.4) is 0 Å². The Morgan fingerprint density at radius 3 is 3.42 bits per heavy atom. The number of hydrogen-bond donors (Lipinski definition) is 1. The summed E-state index contributed by atoms with van der Waals surface area (Å²) in [6.45, 7) is 1.42. The van der Waals surface area contributed by atoms with E-state index in [1.54, 1.807) is 6.20 Å². The Bertz CT molecular complexity index is 275. The predicted molar refractivity (Wildman–Crippen MR) is 46.1 cm³/mol. The molecule has 1 unspecified atom stereocenters. The molecule has 0 saturated heterocycles. The lowest BCUT2D eigenvalue weighted by Gasteiger charge is -2.23. The molecule has 0 bridgehead atoms. The molecule has 1 atom stereocenters. The van der Waals surface area contributed by atoms with Gasteiger partial charge in [0.15, 0.2) is 0 Å². The summed E-state index contributed by atoms with van der Waals surface area (Å²) in [6, 6.07) is 3.97. The number of aromatic nitrogens is 1. The molecule has 1 aromatic heterocycles. The highest BCUT2D eigenvalue weighted by Gasteiger charge is 2.20. The maximum absolute atomic E-state index is 5.63. The molecule has 0 saturated carbocycles. The van der Waals surface area contributed by atoms with Gasteiger partial charge < -0.3 is 10.5 Å². The summed E-state index contributed by atoms with van der Waals surface area (Å²) in [5.74, 6) is 1.20. The van der Waals surface area contributed by atoms with Gasteiger partial charge in [-0.25, -0.2) is 4.98 Å². The molecular weight excluding hydrogens is 152 g/mol. The summed E-state index contributed by atoms with van der Waals surface area (Å²) in [5, 5.41) is 0. The van der Waals surface area contributed by atoms with E-state index in [0.717, 1.165) is 24.5 Å². The third kappa shape index (κ3) is 1.16. The van der Waals surface area contributed by atoms with Crippen LogP contribution in [-0.2, 0) is 0 Å². The molecule has 0 aliphatic carbocycles. The molecule has 64 valence electrons. The average Bonchev–Trinajstić information content (AvgIpc) is 2.17. The van der Waals surface area contributed by atoms with Crippen LogP contribution in [0.15, 0.2) is 18.3 Å². The predicted octanol–water partition coefficient (Wildman–Crippen LogP) is 0.906. The molecule has 12 heavy (non-hydrogen) atoms. The van der Waals surface area contributed by atoms with Crippen molar-refractivity contribution in [3.8, 4) is 5.88 Å². The maximum atomic E-state index is 5.63. The van der Waals surface area contributed by atoms with Crippen molar-refractivity contribution in [1.82, 2.24) is 4.98 Å². The van der Waals surface area contributed by atoms with E-state index in [-0.39, 0.29) is 0 Å². The van der Waals surface area contributed by atoms with Gasteiger partial charge in [0.2, 0.25) is 5.88 Å². The van der Waals surface area contributed by atoms with E-state index >= 15 is 0 Å². The quantitative estimate of drug-likeness (QED) is 0.671. The van der Waals surface area contributed by atoms with E-state index in [2.05, 4.69) is 4.98 Å². The van der Waals surface area contributed by atoms with Gasteiger partial charge in [-0.15, -0.1) is 0 Å². The maximum Gasteiger partial charge on any atom is 0.216 e. The van der Waals surface area contributed by atoms with Gasteiger partial charge in [-0.2, -0.15) is 0 Å². The zero-order chi connectivity index (χ0) is 8.39. The zero-order valence-corrected chi connectivity index (χ0v) is 6.86. The van der Waals surface area contributed by atoms with E-state index in [1.165, 1.54) is 0 Å². The fraction of sp³-hybridized carbons (Fsp3) is 0.444. The van der Waals surface area contributed by atoms with Crippen molar-refractivity contribution in [2.75, 3.05) is 13.2 Å². The van der Waals surface area contributed by atoms with Crippen molar-refractivity contribution in [2.24, 2.45) is 5.73 Å². The van der Waals surface area contributed by atoms with Crippen LogP contribution in [-0.4, -0.2) is 18.1 Å². The van der Waals surface area contributed by atoms with Crippen LogP contribution in [0.2, 0.25) is 0 Å². The van der Waals surface area contributed by atoms with Crippen molar-refractivity contribution in [3.05, 3.63) is 23.9 Å². The highest BCUT2D eigenvalue weighted by molar-refractivity contribution is 5.31. The van der Waals surface area contributed by atoms with Crippen LogP contribution >= 0.6 is 0 Å². The molecule has 1 aliphatic rings. The molecule has 1 aliphatic heterocycles. The second-order valence-electron chi connectivity index (χ2n) is 2.97. The Kier molecular flexibility index (Phi) is 1.96. The average molecular weight is 164 g/mol. The van der Waals surface area contributed by atoms with Crippen LogP contribution in [0.1, 0.15) is 17.9 Å². The van der Waals surface area contributed by atoms with Crippen LogP contribution in [0.25, 0.3) is 0 Å². The molecule has 2 N–H and O–H groups in total. The van der Waals surface area contributed by atoms with E-state index < -0.39 is 0 Å². The Morgan fingerprint density at radius 2 is 2.58 bits per heavy atom. The molecule has 0 radical (unpaired) electrons. The van der Waals surface area contributed by atoms with Gasteiger partial charge in [-0.3, -0.25) is 0 Å². The Labute approximate surface area is 71.6 Å². The largest absolute Gasteiger partial charge is 0.477 e. The number of pyridine rings is 1. The fourth-order valence-corrected chi connectivity index (χ4v) is 1.53. The Balaban J connectivity index is 2.37. The lowest BCUT2D eigenvalue weighted by atomic mass is 9.96. The van der Waals surface area contributed by atoms with E-state index in [4.69, 9.17) is 10.5 Å². The first-order valence-electron chi connectivity index (χ1n) is 4.19. The summed E-state index contributed by atoms with van der Waals surface area (Å²) >= 11 is 0. The summed E-state index contributed by atoms with van der Waals surface area (Å²) in [7, 11) is 0. The lowest BCUT2D eigenvalue weighted by Crippen LogP contribution is -2.21. The third-order valence-corrected chi connectivity index (χ3v) is 2.23. The number of nitrogens with zero attached hydrogens (tertiary/aromatic N) is 1. The zero-order valence-electron chi connectivity index (χ0n) is 6.86. The summed E-state index contributed by atoms with van der Waals surface area (Å²) in [4.78, 5) is 4.14. The number of nitrogens with two attached hydrogens (primary N) is 1. The molecule has 0 aromatic carbocycles. The van der Waals surface area contributed by atoms with Crippen molar-refractivity contribution in [3.63, 3.8) is 0 Å². The second-order valence-corrected chi connectivity index (χ2v) is 2.97. The Hall–Kier alpha value is -1.09. The number of rotatable bonds is 1. The molecular formula is C9H12N2O. The van der Waals surface area contributed by atoms with E-state index in [1.807, 2.05) is 12.1 Å². The van der Waals surface area contributed by atoms with Crippen molar-refractivity contribution in [1.29, 1.82) is 0 Å². The SMILES string of the molecule is NCC1CCOc2ncccc21. The van der Waals surface area contributed by atoms with Gasteiger partial charge in [-0.05, 0) is 19.0 Å². The molecule has 1 aromatic rings. The highest BCUT2D eigenvalue weighted by Crippen LogP contribution is 2.30. The van der Waals surface area contributed by atoms with Crippen molar-refractivity contribution in [2.45, 2.75) is 12.3 Å². The van der Waals surface area contributed by atoms with Gasteiger partial charge in [0.1, 0.15) is 0 Å². The standard InChI is InChI=1S/C9H12N2O/c10-6-7-3-5-12-9-8(7)2-1-4-11-9/h1-2,4,7H,3,5-6,10H2. The topological polar surface area (TPSA) is 48.1 Å². The van der Waals surface area contributed by atoms with E-state index in [9.17, 15) is 0 Å². The van der Waals surface area contributed by atoms with Gasteiger partial charge in [0.25, 0.3) is 0 Å². The minimum atomic E-state index is 0.433. The van der Waals surface area contributed by atoms with Gasteiger partial charge in [0.05, 0.1) is 6.61 Å². The molecule has 2 heterocycles. The molecule has 2 rings (SSSR count). The van der Waals surface area contributed by atoms with E-state index in [0.29, 0.717) is 12.5 Å². The minimum absolute atomic E-state index is 0.433. The van der Waals surface area contributed by atoms with Crippen LogP contribution in [0.5, 0.6) is 5.88 Å². The normalized spacial score (nSPS) is 21.2. The summed E-state index contributed by atoms with van der Waals surface area (Å²) in [5.41, 5.74) is 6.79. The third-order valence-electron chi connectivity index (χ3n) is 2.23. The van der Waals surface area contributed by atoms with Gasteiger partial charge >= 0.3 is 0 Å². The van der Waals surface area contributed by atoms with Crippen molar-refractivity contribution < 1.29 is 4.74 Å². The first-order valence-corrected chi connectivity index (χ1v) is 4.19. The summed E-state index contributed by atoms with van der Waals surface area (Å²) < 4.78 is 5.39. The molecule has 3 heteroatoms. The van der Waals surface area contributed by atoms with Crippen LogP contribution in [0.4, 0.5) is 0 Å². The Morgan fingerprint density at radius 1 is 1.67 bits per heavy atom. The number of fused-ring (bicyclic) bond motifs is 1. The van der Waals surface area contributed by atoms with Crippen molar-refractivity contribution >= 4 is 0 Å². The highest BCUT2D eigenvalue weighted by atomic mass is 16.5. The van der Waals surface area contributed by atoms with Gasteiger partial charge in [0, 0.05) is 17.7 Å². The lowest BCUT2D eigenvalue weighted by molar-refractivity contribution is 0.257. The minimum Gasteiger partial charge on any atom is -0.477 e. The van der Waals surface area contributed by atoms with Crippen LogP contribution < -0.4 is 10.5 Å². The molecule has 0 amide bonds. The molecule has 0 fully saturated rings. The monoisotopic (exact) mass is 164 g/mol. The fourth-order valence-electron chi connectivity index (χ4n) is 1.53. The van der Waals surface area contributed by atoms with Crippen LogP contribution in [0, 0.1) is 0 Å². The molecule has 3 nitrogen and oxygen atoms in total. The smallest absolute Gasteiger partial charge is 0.216 e. The second kappa shape index (κ2) is 3.11. The number of hydrogen-bond acceptors (Lipinski definition) is 3. The first-order chi connectivity index (χ1) is 5.92. The van der Waals surface area contributed by atoms with Gasteiger partial charge in [-0.1, -0.05) is 6.07 Å². The summed E-state index contributed by atoms with van der Waals surface area (Å²) in [6.07, 6.45) is 2.76. The first kappa shape index (κ1) is 7.55.